The molecule has 0 saturated carbocycles. The molecule has 2 rings (SSSR count). The van der Waals surface area contributed by atoms with Crippen LogP contribution in [0.15, 0.2) is 18.5 Å². The summed E-state index contributed by atoms with van der Waals surface area (Å²) in [6, 6.07) is 1.38. The number of carbonyl (C=O) groups is 1. The molecule has 2 unspecified atom stereocenters. The molecule has 1 fully saturated rings. The van der Waals surface area contributed by atoms with Crippen molar-refractivity contribution >= 4 is 5.91 Å². The van der Waals surface area contributed by atoms with E-state index >= 15 is 0 Å². The van der Waals surface area contributed by atoms with Gasteiger partial charge in [0.15, 0.2) is 5.82 Å². The predicted molar refractivity (Wildman–Crippen MR) is 61.9 cm³/mol. The number of nitrogens with two attached hydrogens (primary N) is 1. The molecule has 1 aliphatic heterocycles. The first-order valence-electron chi connectivity index (χ1n) is 5.72. The number of nitrogens with zero attached hydrogens (tertiary/aromatic N) is 2. The minimum Gasteiger partial charge on any atom is -0.337 e. The summed E-state index contributed by atoms with van der Waals surface area (Å²) in [5.74, 6) is -0.524. The smallest absolute Gasteiger partial charge is 0.257 e. The van der Waals surface area contributed by atoms with Gasteiger partial charge >= 0.3 is 0 Å². The highest BCUT2D eigenvalue weighted by Gasteiger charge is 2.27. The van der Waals surface area contributed by atoms with Crippen LogP contribution in [0, 0.1) is 11.7 Å². The maximum Gasteiger partial charge on any atom is 0.257 e. The summed E-state index contributed by atoms with van der Waals surface area (Å²) in [4.78, 5) is 17.4. The van der Waals surface area contributed by atoms with E-state index in [2.05, 4.69) is 4.98 Å². The number of hydrogen-bond donors (Lipinski definition) is 1. The van der Waals surface area contributed by atoms with Gasteiger partial charge in [-0.1, -0.05) is 6.92 Å². The second-order valence-electron chi connectivity index (χ2n) is 4.67. The number of hydrogen-bond acceptors (Lipinski definition) is 3. The highest BCUT2D eigenvalue weighted by molar-refractivity contribution is 5.94. The lowest BCUT2D eigenvalue weighted by Crippen LogP contribution is -2.49. The third-order valence-corrected chi connectivity index (χ3v) is 2.98. The van der Waals surface area contributed by atoms with E-state index in [4.69, 9.17) is 5.73 Å². The van der Waals surface area contributed by atoms with Crippen molar-refractivity contribution in [2.24, 2.45) is 11.7 Å². The first-order valence-corrected chi connectivity index (χ1v) is 5.72. The molecule has 1 aromatic rings. The molecule has 2 atom stereocenters. The number of pyridine rings is 1. The second kappa shape index (κ2) is 4.79. The Balaban J connectivity index is 2.17. The van der Waals surface area contributed by atoms with Gasteiger partial charge in [0.1, 0.15) is 0 Å². The molecule has 92 valence electrons. The normalized spacial score (nSPS) is 24.8. The van der Waals surface area contributed by atoms with Gasteiger partial charge in [-0.3, -0.25) is 9.78 Å². The molecule has 1 aromatic heterocycles. The van der Waals surface area contributed by atoms with Gasteiger partial charge in [0.05, 0.1) is 11.8 Å². The summed E-state index contributed by atoms with van der Waals surface area (Å²) in [5.41, 5.74) is 5.94. The van der Waals surface area contributed by atoms with Gasteiger partial charge in [-0.15, -0.1) is 0 Å². The standard InChI is InChI=1S/C12H16FN3O/c1-8-4-9(14)7-16(6-8)12(17)10-2-3-15-5-11(10)13/h2-3,5,8-9H,4,6-7,14H2,1H3. The van der Waals surface area contributed by atoms with Crippen LogP contribution in [-0.2, 0) is 0 Å². The van der Waals surface area contributed by atoms with Crippen LogP contribution in [0.2, 0.25) is 0 Å². The minimum absolute atomic E-state index is 0.0207. The Bertz CT molecular complexity index is 414. The van der Waals surface area contributed by atoms with E-state index in [1.807, 2.05) is 6.92 Å². The second-order valence-corrected chi connectivity index (χ2v) is 4.67. The lowest BCUT2D eigenvalue weighted by molar-refractivity contribution is 0.0656. The Labute approximate surface area is 99.6 Å². The number of aromatic nitrogens is 1. The van der Waals surface area contributed by atoms with E-state index in [9.17, 15) is 9.18 Å². The Morgan fingerprint density at radius 3 is 3.00 bits per heavy atom. The van der Waals surface area contributed by atoms with Crippen molar-refractivity contribution < 1.29 is 9.18 Å². The van der Waals surface area contributed by atoms with Gasteiger partial charge in [0, 0.05) is 25.3 Å². The molecule has 5 heteroatoms. The first kappa shape index (κ1) is 12.0. The molecule has 4 nitrogen and oxygen atoms in total. The number of rotatable bonds is 1. The molecular formula is C12H16FN3O. The number of carbonyl (C=O) groups excluding carboxylic acids is 1. The zero-order valence-electron chi connectivity index (χ0n) is 9.77. The van der Waals surface area contributed by atoms with E-state index in [0.717, 1.165) is 12.6 Å². The van der Waals surface area contributed by atoms with Gasteiger partial charge in [0.25, 0.3) is 5.91 Å². The molecule has 0 radical (unpaired) electrons. The summed E-state index contributed by atoms with van der Waals surface area (Å²) in [6.07, 6.45) is 3.38. The highest BCUT2D eigenvalue weighted by Crippen LogP contribution is 2.18. The zero-order valence-corrected chi connectivity index (χ0v) is 9.77. The van der Waals surface area contributed by atoms with Crippen molar-refractivity contribution in [3.8, 4) is 0 Å². The fourth-order valence-electron chi connectivity index (χ4n) is 2.28. The Morgan fingerprint density at radius 1 is 1.59 bits per heavy atom. The van der Waals surface area contributed by atoms with Crippen LogP contribution in [0.4, 0.5) is 4.39 Å². The van der Waals surface area contributed by atoms with Crippen molar-refractivity contribution in [2.75, 3.05) is 13.1 Å². The third-order valence-electron chi connectivity index (χ3n) is 2.98. The lowest BCUT2D eigenvalue weighted by Gasteiger charge is -2.34. The number of amides is 1. The van der Waals surface area contributed by atoms with Crippen molar-refractivity contribution in [1.29, 1.82) is 0 Å². The SMILES string of the molecule is CC1CC(N)CN(C(=O)c2ccncc2F)C1. The number of likely N-dealkylation sites (tertiary alicyclic amines) is 1. The molecule has 17 heavy (non-hydrogen) atoms. The summed E-state index contributed by atoms with van der Waals surface area (Å²) in [5, 5.41) is 0. The zero-order chi connectivity index (χ0) is 12.4. The van der Waals surface area contributed by atoms with Crippen molar-refractivity contribution in [1.82, 2.24) is 9.88 Å². The minimum atomic E-state index is -0.579. The van der Waals surface area contributed by atoms with Gasteiger partial charge in [0.2, 0.25) is 0 Å². The Kier molecular flexibility index (Phi) is 3.38. The topological polar surface area (TPSA) is 59.2 Å². The van der Waals surface area contributed by atoms with Gasteiger partial charge in [-0.2, -0.15) is 0 Å². The van der Waals surface area contributed by atoms with E-state index in [1.165, 1.54) is 12.3 Å². The van der Waals surface area contributed by atoms with Crippen LogP contribution in [0.5, 0.6) is 0 Å². The van der Waals surface area contributed by atoms with Crippen LogP contribution in [0.1, 0.15) is 23.7 Å². The van der Waals surface area contributed by atoms with E-state index in [-0.39, 0.29) is 17.5 Å². The molecule has 2 heterocycles. The van der Waals surface area contributed by atoms with Gasteiger partial charge in [-0.25, -0.2) is 4.39 Å². The molecule has 0 aromatic carbocycles. The van der Waals surface area contributed by atoms with Crippen molar-refractivity contribution in [3.63, 3.8) is 0 Å². The van der Waals surface area contributed by atoms with Gasteiger partial charge < -0.3 is 10.6 Å². The van der Waals surface area contributed by atoms with E-state index in [0.29, 0.717) is 19.0 Å². The Hall–Kier alpha value is -1.49. The maximum absolute atomic E-state index is 13.4. The summed E-state index contributed by atoms with van der Waals surface area (Å²) < 4.78 is 13.4. The van der Waals surface area contributed by atoms with E-state index < -0.39 is 5.82 Å². The number of piperidine rings is 1. The first-order chi connectivity index (χ1) is 8.08. The predicted octanol–water partition coefficient (Wildman–Crippen LogP) is 1.03. The van der Waals surface area contributed by atoms with Crippen molar-refractivity contribution in [3.05, 3.63) is 29.8 Å². The molecule has 2 N–H and O–H groups in total. The van der Waals surface area contributed by atoms with E-state index in [1.54, 1.807) is 4.90 Å². The molecule has 0 aliphatic carbocycles. The summed E-state index contributed by atoms with van der Waals surface area (Å²) in [6.45, 7) is 3.17. The molecule has 1 amide bonds. The van der Waals surface area contributed by atoms with Crippen LogP contribution in [-0.4, -0.2) is 34.9 Å². The average Bonchev–Trinajstić information content (AvgIpc) is 2.27. The molecule has 0 spiro atoms. The quantitative estimate of drug-likeness (QED) is 0.793. The maximum atomic E-state index is 13.4. The molecule has 1 saturated heterocycles. The summed E-state index contributed by atoms with van der Waals surface area (Å²) >= 11 is 0. The van der Waals surface area contributed by atoms with Crippen LogP contribution in [0.3, 0.4) is 0 Å². The number of halogens is 1. The average molecular weight is 237 g/mol. The molecule has 0 bridgehead atoms. The monoisotopic (exact) mass is 237 g/mol. The lowest BCUT2D eigenvalue weighted by atomic mass is 9.96. The summed E-state index contributed by atoms with van der Waals surface area (Å²) in [7, 11) is 0. The highest BCUT2D eigenvalue weighted by atomic mass is 19.1. The van der Waals surface area contributed by atoms with Crippen LogP contribution in [0.25, 0.3) is 0 Å². The fourth-order valence-corrected chi connectivity index (χ4v) is 2.28. The van der Waals surface area contributed by atoms with Gasteiger partial charge in [-0.05, 0) is 18.4 Å². The Morgan fingerprint density at radius 2 is 2.35 bits per heavy atom. The van der Waals surface area contributed by atoms with Crippen molar-refractivity contribution in [2.45, 2.75) is 19.4 Å². The van der Waals surface area contributed by atoms with Crippen LogP contribution < -0.4 is 5.73 Å². The molecule has 1 aliphatic rings. The van der Waals surface area contributed by atoms with Crippen LogP contribution >= 0.6 is 0 Å². The third kappa shape index (κ3) is 2.61. The largest absolute Gasteiger partial charge is 0.337 e. The molecular weight excluding hydrogens is 221 g/mol. The fraction of sp³-hybridized carbons (Fsp3) is 0.500.